The van der Waals surface area contributed by atoms with Gasteiger partial charge in [-0.1, -0.05) is 137 Å². The van der Waals surface area contributed by atoms with Crippen LogP contribution in [-0.4, -0.2) is 31.7 Å². The van der Waals surface area contributed by atoms with E-state index in [-0.39, 0.29) is 12.2 Å². The molecule has 222 valence electrons. The molecule has 0 aromatic rings. The minimum Gasteiger partial charge on any atom is -0.375 e. The van der Waals surface area contributed by atoms with Crippen molar-refractivity contribution in [2.24, 2.45) is 11.8 Å². The number of ether oxygens (including phenoxy) is 1. The van der Waals surface area contributed by atoms with Crippen LogP contribution in [-0.2, 0) is 18.3 Å². The number of rotatable bonds is 26. The van der Waals surface area contributed by atoms with Crippen molar-refractivity contribution in [3.63, 3.8) is 0 Å². The molecule has 3 unspecified atom stereocenters. The van der Waals surface area contributed by atoms with E-state index in [1.807, 2.05) is 6.26 Å². The van der Waals surface area contributed by atoms with Gasteiger partial charge in [0.05, 0.1) is 18.8 Å². The molecule has 0 amide bonds. The van der Waals surface area contributed by atoms with Gasteiger partial charge in [-0.05, 0) is 48.7 Å². The Hall–Kier alpha value is 0.460. The highest BCUT2D eigenvalue weighted by Gasteiger charge is 2.37. The van der Waals surface area contributed by atoms with Crippen LogP contribution in [0.4, 0.5) is 0 Å². The Labute approximate surface area is 235 Å². The molecule has 1 aliphatic rings. The van der Waals surface area contributed by atoms with Gasteiger partial charge in [-0.2, -0.15) is 0 Å². The third kappa shape index (κ3) is 16.3. The lowest BCUT2D eigenvalue weighted by atomic mass is 9.80. The van der Waals surface area contributed by atoms with E-state index in [2.05, 4.69) is 27.7 Å². The lowest BCUT2D eigenvalue weighted by Crippen LogP contribution is -2.28. The molecule has 4 atom stereocenters. The summed E-state index contributed by atoms with van der Waals surface area (Å²) in [6.07, 6.45) is 26.6. The van der Waals surface area contributed by atoms with Crippen molar-refractivity contribution in [3.8, 4) is 0 Å². The van der Waals surface area contributed by atoms with Crippen LogP contribution in [0.1, 0.15) is 156 Å². The lowest BCUT2D eigenvalue weighted by Gasteiger charge is -2.29. The van der Waals surface area contributed by atoms with Crippen molar-refractivity contribution in [2.45, 2.75) is 168 Å². The minimum atomic E-state index is -3.19. The van der Waals surface area contributed by atoms with Gasteiger partial charge in [0.2, 0.25) is 0 Å². The van der Waals surface area contributed by atoms with Gasteiger partial charge in [0.25, 0.3) is 0 Å². The maximum Gasteiger partial charge on any atom is 0.389 e. The van der Waals surface area contributed by atoms with Gasteiger partial charge in [-0.3, -0.25) is 9.05 Å². The maximum absolute atomic E-state index is 13.7. The van der Waals surface area contributed by atoms with Gasteiger partial charge in [-0.25, -0.2) is 4.57 Å². The van der Waals surface area contributed by atoms with E-state index in [0.717, 1.165) is 45.1 Å². The van der Waals surface area contributed by atoms with Crippen molar-refractivity contribution < 1.29 is 18.3 Å². The lowest BCUT2D eigenvalue weighted by molar-refractivity contribution is 0.0247. The molecule has 0 aromatic heterocycles. The Balaban J connectivity index is 2.69. The first kappa shape index (κ1) is 35.5. The van der Waals surface area contributed by atoms with Gasteiger partial charge in [0, 0.05) is 6.61 Å². The Morgan fingerprint density at radius 2 is 1.27 bits per heavy atom. The second-order valence-electron chi connectivity index (χ2n) is 11.3. The monoisotopic (exact) mass is 562 g/mol. The molecule has 0 spiro atoms. The zero-order valence-corrected chi connectivity index (χ0v) is 27.1. The molecule has 37 heavy (non-hydrogen) atoms. The summed E-state index contributed by atoms with van der Waals surface area (Å²) < 4.78 is 32.3. The zero-order chi connectivity index (χ0) is 27.2. The first-order chi connectivity index (χ1) is 18.0. The van der Waals surface area contributed by atoms with Gasteiger partial charge in [-0.15, -0.1) is 0 Å². The summed E-state index contributed by atoms with van der Waals surface area (Å²) in [4.78, 5) is 0. The SMILES string of the molecule is CCCCCCCC(CCCC)OP(=O)(OC[C@@H]1OCCC1C(CCCCCC)CCCCCC)SC. The predicted molar refractivity (Wildman–Crippen MR) is 164 cm³/mol. The first-order valence-electron chi connectivity index (χ1n) is 16.1. The molecule has 0 radical (unpaired) electrons. The fourth-order valence-electron chi connectivity index (χ4n) is 5.75. The number of hydrogen-bond acceptors (Lipinski definition) is 5. The molecule has 0 saturated carbocycles. The summed E-state index contributed by atoms with van der Waals surface area (Å²) in [5, 5.41) is 0. The molecule has 1 heterocycles. The third-order valence-electron chi connectivity index (χ3n) is 8.13. The summed E-state index contributed by atoms with van der Waals surface area (Å²) in [6, 6.07) is 0. The average Bonchev–Trinajstić information content (AvgIpc) is 3.38. The van der Waals surface area contributed by atoms with Gasteiger partial charge < -0.3 is 4.74 Å². The van der Waals surface area contributed by atoms with E-state index in [1.54, 1.807) is 0 Å². The molecular weight excluding hydrogens is 499 g/mol. The Kier molecular flexibility index (Phi) is 22.2. The third-order valence-corrected chi connectivity index (χ3v) is 11.5. The smallest absolute Gasteiger partial charge is 0.375 e. The van der Waals surface area contributed by atoms with Crippen molar-refractivity contribution in [1.82, 2.24) is 0 Å². The Morgan fingerprint density at radius 3 is 1.84 bits per heavy atom. The molecule has 1 rings (SSSR count). The summed E-state index contributed by atoms with van der Waals surface area (Å²) in [5.41, 5.74) is 0. The highest BCUT2D eigenvalue weighted by molar-refractivity contribution is 8.54. The van der Waals surface area contributed by atoms with Gasteiger partial charge in [0.15, 0.2) is 0 Å². The molecule has 0 N–H and O–H groups in total. The fourth-order valence-corrected chi connectivity index (χ4v) is 8.03. The molecule has 1 saturated heterocycles. The van der Waals surface area contributed by atoms with Crippen LogP contribution >= 0.6 is 18.2 Å². The predicted octanol–water partition coefficient (Wildman–Crippen LogP) is 11.4. The molecule has 6 heteroatoms. The van der Waals surface area contributed by atoms with Crippen LogP contribution in [0.15, 0.2) is 0 Å². The second-order valence-corrected chi connectivity index (χ2v) is 15.5. The maximum atomic E-state index is 13.7. The Bertz CT molecular complexity index is 549. The molecule has 0 aromatic carbocycles. The van der Waals surface area contributed by atoms with Gasteiger partial charge in [0.1, 0.15) is 0 Å². The van der Waals surface area contributed by atoms with Crippen molar-refractivity contribution in [1.29, 1.82) is 0 Å². The topological polar surface area (TPSA) is 44.8 Å². The quantitative estimate of drug-likeness (QED) is 0.0775. The van der Waals surface area contributed by atoms with Gasteiger partial charge >= 0.3 is 6.80 Å². The van der Waals surface area contributed by atoms with Crippen molar-refractivity contribution in [3.05, 3.63) is 0 Å². The Morgan fingerprint density at radius 1 is 0.757 bits per heavy atom. The summed E-state index contributed by atoms with van der Waals surface area (Å²) in [7, 11) is 0. The normalized spacial score (nSPS) is 20.5. The molecule has 1 aliphatic heterocycles. The van der Waals surface area contributed by atoms with E-state index >= 15 is 0 Å². The van der Waals surface area contributed by atoms with Crippen molar-refractivity contribution in [2.75, 3.05) is 19.5 Å². The first-order valence-corrected chi connectivity index (χ1v) is 19.5. The number of unbranched alkanes of at least 4 members (excludes halogenated alkanes) is 11. The highest BCUT2D eigenvalue weighted by Crippen LogP contribution is 2.61. The standard InChI is InChI=1S/C31H63O4PS/c1-6-10-14-17-20-24-29(23-13-9-4)35-36(32,37-5)34-27-31-30(25-26-33-31)28(21-18-15-11-7-2)22-19-16-12-8-3/h28-31H,6-27H2,1-5H3/t29?,30?,31-,36?/m0/s1. The highest BCUT2D eigenvalue weighted by atomic mass is 32.7. The van der Waals surface area contributed by atoms with Crippen LogP contribution in [0.2, 0.25) is 0 Å². The largest absolute Gasteiger partial charge is 0.389 e. The van der Waals surface area contributed by atoms with Crippen LogP contribution in [0.25, 0.3) is 0 Å². The van der Waals surface area contributed by atoms with Crippen LogP contribution in [0, 0.1) is 11.8 Å². The van der Waals surface area contributed by atoms with E-state index in [9.17, 15) is 4.57 Å². The van der Waals surface area contributed by atoms with E-state index in [4.69, 9.17) is 13.8 Å². The second kappa shape index (κ2) is 23.2. The molecular formula is C31H63O4PS. The fraction of sp³-hybridized carbons (Fsp3) is 1.00. The summed E-state index contributed by atoms with van der Waals surface area (Å²) >= 11 is 1.27. The van der Waals surface area contributed by atoms with E-state index < -0.39 is 6.80 Å². The van der Waals surface area contributed by atoms with Crippen LogP contribution in [0.5, 0.6) is 0 Å². The molecule has 4 nitrogen and oxygen atoms in total. The summed E-state index contributed by atoms with van der Waals surface area (Å²) in [5.74, 6) is 1.22. The zero-order valence-electron chi connectivity index (χ0n) is 25.4. The number of hydrogen-bond donors (Lipinski definition) is 0. The van der Waals surface area contributed by atoms with Crippen LogP contribution in [0.3, 0.4) is 0 Å². The molecule has 1 fully saturated rings. The molecule has 0 bridgehead atoms. The van der Waals surface area contributed by atoms with Crippen molar-refractivity contribution >= 4 is 18.2 Å². The minimum absolute atomic E-state index is 0.0324. The van der Waals surface area contributed by atoms with Crippen LogP contribution < -0.4 is 0 Å². The summed E-state index contributed by atoms with van der Waals surface area (Å²) in [6.45, 7) is 7.04. The molecule has 0 aliphatic carbocycles. The van der Waals surface area contributed by atoms with E-state index in [0.29, 0.717) is 18.4 Å². The van der Waals surface area contributed by atoms with E-state index in [1.165, 1.54) is 101 Å². The average molecular weight is 563 g/mol.